The Morgan fingerprint density at radius 1 is 1.54 bits per heavy atom. The number of hydrogen-bond acceptors (Lipinski definition) is 1. The Morgan fingerprint density at radius 3 is 2.69 bits per heavy atom. The van der Waals surface area contributed by atoms with Gasteiger partial charge in [0.15, 0.2) is 0 Å². The molecular formula is C12H11N. The lowest BCUT2D eigenvalue weighted by Gasteiger charge is -2.04. The molecule has 0 aliphatic carbocycles. The SMILES string of the molecule is C#Cc1ccc(N=C)c(C(=C)C)c1. The molecule has 0 saturated carbocycles. The summed E-state index contributed by atoms with van der Waals surface area (Å²) in [7, 11) is 0. The second kappa shape index (κ2) is 3.73. The van der Waals surface area contributed by atoms with Crippen molar-refractivity contribution in [2.45, 2.75) is 6.92 Å². The zero-order valence-electron chi connectivity index (χ0n) is 7.67. The molecule has 1 aromatic rings. The van der Waals surface area contributed by atoms with Crippen LogP contribution in [-0.4, -0.2) is 6.72 Å². The molecule has 1 heteroatoms. The van der Waals surface area contributed by atoms with E-state index in [9.17, 15) is 0 Å². The maximum Gasteiger partial charge on any atom is 0.0698 e. The third kappa shape index (κ3) is 1.86. The van der Waals surface area contributed by atoms with Crippen LogP contribution in [0.5, 0.6) is 0 Å². The Kier molecular flexibility index (Phi) is 2.66. The monoisotopic (exact) mass is 169 g/mol. The molecule has 0 heterocycles. The van der Waals surface area contributed by atoms with Gasteiger partial charge in [0.25, 0.3) is 0 Å². The Morgan fingerprint density at radius 2 is 2.23 bits per heavy atom. The number of aliphatic imine (C=N–C) groups is 1. The molecule has 64 valence electrons. The molecule has 1 rings (SSSR count). The average molecular weight is 169 g/mol. The van der Waals surface area contributed by atoms with Crippen molar-refractivity contribution in [2.24, 2.45) is 4.99 Å². The van der Waals surface area contributed by atoms with Gasteiger partial charge in [-0.3, -0.25) is 4.99 Å². The van der Waals surface area contributed by atoms with Crippen molar-refractivity contribution in [3.8, 4) is 12.3 Å². The van der Waals surface area contributed by atoms with E-state index in [0.29, 0.717) is 0 Å². The van der Waals surface area contributed by atoms with E-state index in [4.69, 9.17) is 6.42 Å². The van der Waals surface area contributed by atoms with Crippen LogP contribution < -0.4 is 0 Å². The van der Waals surface area contributed by atoms with E-state index in [2.05, 4.69) is 24.2 Å². The second-order valence-electron chi connectivity index (χ2n) is 2.81. The lowest BCUT2D eigenvalue weighted by Crippen LogP contribution is -1.82. The van der Waals surface area contributed by atoms with Crippen LogP contribution in [0.15, 0.2) is 29.8 Å². The van der Waals surface area contributed by atoms with E-state index >= 15 is 0 Å². The maximum absolute atomic E-state index is 5.28. The molecule has 0 fully saturated rings. The topological polar surface area (TPSA) is 12.4 Å². The fourth-order valence-electron chi connectivity index (χ4n) is 1.11. The van der Waals surface area contributed by atoms with Gasteiger partial charge in [-0.1, -0.05) is 12.5 Å². The molecular weight excluding hydrogens is 158 g/mol. The summed E-state index contributed by atoms with van der Waals surface area (Å²) in [6, 6.07) is 5.59. The lowest BCUT2D eigenvalue weighted by atomic mass is 10.0. The molecule has 0 aromatic heterocycles. The Hall–Kier alpha value is -1.81. The van der Waals surface area contributed by atoms with E-state index in [-0.39, 0.29) is 0 Å². The summed E-state index contributed by atoms with van der Waals surface area (Å²) < 4.78 is 0. The number of benzene rings is 1. The predicted octanol–water partition coefficient (Wildman–Crippen LogP) is 3.03. The smallest absolute Gasteiger partial charge is 0.0698 e. The van der Waals surface area contributed by atoms with Gasteiger partial charge in [-0.15, -0.1) is 6.42 Å². The van der Waals surface area contributed by atoms with Gasteiger partial charge in [0, 0.05) is 11.1 Å². The van der Waals surface area contributed by atoms with E-state index in [1.54, 1.807) is 0 Å². The third-order valence-electron chi connectivity index (χ3n) is 1.79. The Labute approximate surface area is 78.8 Å². The minimum Gasteiger partial charge on any atom is -0.264 e. The highest BCUT2D eigenvalue weighted by molar-refractivity contribution is 5.74. The summed E-state index contributed by atoms with van der Waals surface area (Å²) in [6.45, 7) is 9.26. The van der Waals surface area contributed by atoms with Crippen molar-refractivity contribution in [1.29, 1.82) is 0 Å². The first-order chi connectivity index (χ1) is 6.19. The molecule has 0 saturated heterocycles. The molecule has 0 spiro atoms. The van der Waals surface area contributed by atoms with Gasteiger partial charge in [0.05, 0.1) is 5.69 Å². The van der Waals surface area contributed by atoms with Crippen molar-refractivity contribution in [3.05, 3.63) is 35.9 Å². The summed E-state index contributed by atoms with van der Waals surface area (Å²) in [4.78, 5) is 3.89. The molecule has 0 N–H and O–H groups in total. The van der Waals surface area contributed by atoms with Gasteiger partial charge < -0.3 is 0 Å². The number of allylic oxidation sites excluding steroid dienone is 1. The predicted molar refractivity (Wildman–Crippen MR) is 58.3 cm³/mol. The Balaban J connectivity index is 3.36. The van der Waals surface area contributed by atoms with Crippen LogP contribution >= 0.6 is 0 Å². The van der Waals surface area contributed by atoms with Crippen molar-refractivity contribution in [2.75, 3.05) is 0 Å². The summed E-state index contributed by atoms with van der Waals surface area (Å²) in [5.74, 6) is 2.57. The fraction of sp³-hybridized carbons (Fsp3) is 0.0833. The van der Waals surface area contributed by atoms with Gasteiger partial charge in [-0.05, 0) is 37.4 Å². The van der Waals surface area contributed by atoms with E-state index in [1.165, 1.54) is 0 Å². The van der Waals surface area contributed by atoms with E-state index < -0.39 is 0 Å². The van der Waals surface area contributed by atoms with Gasteiger partial charge in [0.1, 0.15) is 0 Å². The van der Waals surface area contributed by atoms with E-state index in [1.807, 2.05) is 25.1 Å². The number of rotatable bonds is 2. The molecule has 0 unspecified atom stereocenters. The first-order valence-corrected chi connectivity index (χ1v) is 3.92. The second-order valence-corrected chi connectivity index (χ2v) is 2.81. The molecule has 1 aromatic carbocycles. The van der Waals surface area contributed by atoms with Crippen LogP contribution in [0.4, 0.5) is 5.69 Å². The van der Waals surface area contributed by atoms with Crippen molar-refractivity contribution in [1.82, 2.24) is 0 Å². The van der Waals surface area contributed by atoms with Crippen molar-refractivity contribution in [3.63, 3.8) is 0 Å². The summed E-state index contributed by atoms with van der Waals surface area (Å²) in [6.07, 6.45) is 5.28. The normalized spacial score (nSPS) is 8.92. The fourth-order valence-corrected chi connectivity index (χ4v) is 1.11. The van der Waals surface area contributed by atoms with Gasteiger partial charge >= 0.3 is 0 Å². The Bertz CT molecular complexity index is 394. The van der Waals surface area contributed by atoms with Crippen LogP contribution in [0.2, 0.25) is 0 Å². The average Bonchev–Trinajstić information content (AvgIpc) is 2.16. The van der Waals surface area contributed by atoms with Gasteiger partial charge in [0.2, 0.25) is 0 Å². The highest BCUT2D eigenvalue weighted by atomic mass is 14.7. The molecule has 0 bridgehead atoms. The molecule has 13 heavy (non-hydrogen) atoms. The van der Waals surface area contributed by atoms with Crippen LogP contribution in [0.1, 0.15) is 18.1 Å². The van der Waals surface area contributed by atoms with E-state index in [0.717, 1.165) is 22.4 Å². The number of nitrogens with zero attached hydrogens (tertiary/aromatic N) is 1. The molecule has 1 nitrogen and oxygen atoms in total. The zero-order valence-corrected chi connectivity index (χ0v) is 7.67. The molecule has 0 aliphatic rings. The third-order valence-corrected chi connectivity index (χ3v) is 1.79. The zero-order chi connectivity index (χ0) is 9.84. The van der Waals surface area contributed by atoms with Crippen molar-refractivity contribution >= 4 is 18.0 Å². The minimum absolute atomic E-state index is 0.825. The summed E-state index contributed by atoms with van der Waals surface area (Å²) in [5.41, 5.74) is 3.57. The van der Waals surface area contributed by atoms with Crippen LogP contribution in [-0.2, 0) is 0 Å². The highest BCUT2D eigenvalue weighted by Crippen LogP contribution is 2.25. The van der Waals surface area contributed by atoms with Gasteiger partial charge in [-0.25, -0.2) is 0 Å². The quantitative estimate of drug-likeness (QED) is 0.476. The summed E-state index contributed by atoms with van der Waals surface area (Å²) >= 11 is 0. The minimum atomic E-state index is 0.825. The van der Waals surface area contributed by atoms with Crippen LogP contribution in [0.3, 0.4) is 0 Å². The maximum atomic E-state index is 5.28. The standard InChI is InChI=1S/C12H11N/c1-5-10-6-7-12(13-4)11(8-10)9(2)3/h1,6-8H,2,4H2,3H3. The highest BCUT2D eigenvalue weighted by Gasteiger charge is 2.01. The number of terminal acetylenes is 1. The lowest BCUT2D eigenvalue weighted by molar-refractivity contribution is 1.47. The first kappa shape index (κ1) is 9.28. The van der Waals surface area contributed by atoms with Gasteiger partial charge in [-0.2, -0.15) is 0 Å². The van der Waals surface area contributed by atoms with Crippen molar-refractivity contribution < 1.29 is 0 Å². The molecule has 0 atom stereocenters. The molecule has 0 radical (unpaired) electrons. The molecule has 0 aliphatic heterocycles. The van der Waals surface area contributed by atoms with Crippen LogP contribution in [0.25, 0.3) is 5.57 Å². The molecule has 0 amide bonds. The van der Waals surface area contributed by atoms with Crippen LogP contribution in [0, 0.1) is 12.3 Å². The largest absolute Gasteiger partial charge is 0.264 e. The first-order valence-electron chi connectivity index (χ1n) is 3.92. The number of hydrogen-bond donors (Lipinski definition) is 0. The summed E-state index contributed by atoms with van der Waals surface area (Å²) in [5, 5.41) is 0.